The molecule has 2 aliphatic heterocycles. The van der Waals surface area contributed by atoms with Gasteiger partial charge in [-0.3, -0.25) is 19.4 Å². The number of nitrogens with zero attached hydrogens (tertiary/aromatic N) is 2. The van der Waals surface area contributed by atoms with E-state index >= 15 is 0 Å². The van der Waals surface area contributed by atoms with Gasteiger partial charge in [-0.05, 0) is 43.4 Å². The van der Waals surface area contributed by atoms with E-state index in [1.54, 1.807) is 17.0 Å². The van der Waals surface area contributed by atoms with Crippen LogP contribution in [-0.4, -0.2) is 40.2 Å². The van der Waals surface area contributed by atoms with Crippen LogP contribution in [0.1, 0.15) is 52.1 Å². The molecule has 2 heterocycles. The third-order valence-electron chi connectivity index (χ3n) is 6.48. The lowest BCUT2D eigenvalue weighted by Crippen LogP contribution is -2.47. The summed E-state index contributed by atoms with van der Waals surface area (Å²) in [4.78, 5) is 30.0. The molecule has 1 aliphatic carbocycles. The van der Waals surface area contributed by atoms with Gasteiger partial charge in [0.1, 0.15) is 0 Å². The molecule has 1 saturated heterocycles. The van der Waals surface area contributed by atoms with Crippen LogP contribution in [-0.2, 0) is 0 Å². The fourth-order valence-corrected chi connectivity index (χ4v) is 5.24. The summed E-state index contributed by atoms with van der Waals surface area (Å²) in [6.07, 6.45) is 2.15. The van der Waals surface area contributed by atoms with Crippen molar-refractivity contribution in [2.75, 3.05) is 6.54 Å². The number of benzene rings is 2. The molecule has 3 unspecified atom stereocenters. The molecule has 5 rings (SSSR count). The molecule has 4 nitrogen and oxygen atoms in total. The molecular formula is C22H22N2O2. The molecule has 0 aromatic heterocycles. The van der Waals surface area contributed by atoms with Crippen LogP contribution in [0.3, 0.4) is 0 Å². The van der Waals surface area contributed by atoms with Crippen molar-refractivity contribution in [2.24, 2.45) is 5.92 Å². The Labute approximate surface area is 153 Å². The second kappa shape index (κ2) is 5.78. The second-order valence-corrected chi connectivity index (χ2v) is 7.70. The van der Waals surface area contributed by atoms with Crippen LogP contribution in [0.4, 0.5) is 0 Å². The van der Waals surface area contributed by atoms with Gasteiger partial charge in [0.15, 0.2) is 0 Å². The zero-order valence-electron chi connectivity index (χ0n) is 14.8. The monoisotopic (exact) mass is 346 g/mol. The van der Waals surface area contributed by atoms with Gasteiger partial charge < -0.3 is 0 Å². The maximum atomic E-state index is 12.9. The van der Waals surface area contributed by atoms with Crippen molar-refractivity contribution >= 4 is 11.8 Å². The minimum absolute atomic E-state index is 0.00793. The Kier molecular flexibility index (Phi) is 3.50. The first-order valence-electron chi connectivity index (χ1n) is 9.44. The summed E-state index contributed by atoms with van der Waals surface area (Å²) in [7, 11) is 0. The lowest BCUT2D eigenvalue weighted by atomic mass is 10.0. The molecule has 4 atom stereocenters. The maximum Gasteiger partial charge on any atom is 0.261 e. The van der Waals surface area contributed by atoms with Gasteiger partial charge in [-0.25, -0.2) is 0 Å². The van der Waals surface area contributed by atoms with Crippen molar-refractivity contribution < 1.29 is 9.59 Å². The van der Waals surface area contributed by atoms with Gasteiger partial charge in [0.05, 0.1) is 17.2 Å². The van der Waals surface area contributed by atoms with E-state index in [1.165, 1.54) is 5.56 Å². The number of rotatable bonds is 3. The highest BCUT2D eigenvalue weighted by Gasteiger charge is 2.55. The van der Waals surface area contributed by atoms with E-state index in [4.69, 9.17) is 0 Å². The lowest BCUT2D eigenvalue weighted by Gasteiger charge is -2.34. The number of fused-ring (bicyclic) bond motifs is 3. The van der Waals surface area contributed by atoms with Crippen molar-refractivity contribution in [3.8, 4) is 0 Å². The number of hydrogen-bond acceptors (Lipinski definition) is 3. The Morgan fingerprint density at radius 1 is 0.885 bits per heavy atom. The molecule has 4 heteroatoms. The minimum Gasteiger partial charge on any atom is -0.291 e. The summed E-state index contributed by atoms with van der Waals surface area (Å²) in [5.41, 5.74) is 2.42. The third-order valence-corrected chi connectivity index (χ3v) is 6.48. The van der Waals surface area contributed by atoms with E-state index < -0.39 is 0 Å². The second-order valence-electron chi connectivity index (χ2n) is 7.70. The standard InChI is InChI=1S/C22H22N2O2/c1-14(15-7-3-2-4-8-15)23-13-16-11-12-19(23)20(16)24-21(25)17-9-5-6-10-18(17)22(24)26/h2-10,14,16,19-20H,11-13H2,1H3/t14-,16?,19?,20?/m0/s1. The number of likely N-dealkylation sites (tertiary alicyclic amines) is 1. The molecule has 1 saturated carbocycles. The molecule has 132 valence electrons. The van der Waals surface area contributed by atoms with Gasteiger partial charge in [-0.1, -0.05) is 42.5 Å². The smallest absolute Gasteiger partial charge is 0.261 e. The molecule has 2 aromatic carbocycles. The van der Waals surface area contributed by atoms with E-state index in [2.05, 4.69) is 36.1 Å². The van der Waals surface area contributed by atoms with Crippen LogP contribution >= 0.6 is 0 Å². The summed E-state index contributed by atoms with van der Waals surface area (Å²) >= 11 is 0. The van der Waals surface area contributed by atoms with Crippen LogP contribution in [0.15, 0.2) is 54.6 Å². The van der Waals surface area contributed by atoms with E-state index in [9.17, 15) is 9.59 Å². The highest BCUT2D eigenvalue weighted by atomic mass is 16.2. The average Bonchev–Trinajstić information content (AvgIpc) is 3.32. The third kappa shape index (κ3) is 2.12. The van der Waals surface area contributed by atoms with Crippen molar-refractivity contribution in [1.29, 1.82) is 0 Å². The normalized spacial score (nSPS) is 28.7. The van der Waals surface area contributed by atoms with Crippen LogP contribution in [0.2, 0.25) is 0 Å². The molecule has 0 spiro atoms. The van der Waals surface area contributed by atoms with Crippen molar-refractivity contribution in [1.82, 2.24) is 9.80 Å². The number of carbonyl (C=O) groups is 2. The molecular weight excluding hydrogens is 324 g/mol. The number of piperidine rings is 1. The van der Waals surface area contributed by atoms with Crippen LogP contribution < -0.4 is 0 Å². The largest absolute Gasteiger partial charge is 0.291 e. The molecule has 2 aromatic rings. The molecule has 2 amide bonds. The Hall–Kier alpha value is -2.46. The summed E-state index contributed by atoms with van der Waals surface area (Å²) in [5.74, 6) is 0.164. The van der Waals surface area contributed by atoms with Crippen molar-refractivity contribution in [2.45, 2.75) is 37.9 Å². The van der Waals surface area contributed by atoms with E-state index in [-0.39, 0.29) is 23.9 Å². The number of hydrogen-bond donors (Lipinski definition) is 0. The fourth-order valence-electron chi connectivity index (χ4n) is 5.24. The highest BCUT2D eigenvalue weighted by molar-refractivity contribution is 6.21. The lowest BCUT2D eigenvalue weighted by molar-refractivity contribution is 0.0536. The van der Waals surface area contributed by atoms with Crippen LogP contribution in [0, 0.1) is 5.92 Å². The predicted molar refractivity (Wildman–Crippen MR) is 98.8 cm³/mol. The first-order valence-corrected chi connectivity index (χ1v) is 9.44. The van der Waals surface area contributed by atoms with E-state index in [0.29, 0.717) is 23.1 Å². The highest BCUT2D eigenvalue weighted by Crippen LogP contribution is 2.46. The summed E-state index contributed by atoms with van der Waals surface area (Å²) in [6, 6.07) is 18.3. The first kappa shape index (κ1) is 15.8. The van der Waals surface area contributed by atoms with E-state index in [0.717, 1.165) is 19.4 Å². The molecule has 26 heavy (non-hydrogen) atoms. The summed E-state index contributed by atoms with van der Waals surface area (Å²) < 4.78 is 0. The molecule has 3 aliphatic rings. The predicted octanol–water partition coefficient (Wildman–Crippen LogP) is 3.51. The topological polar surface area (TPSA) is 40.6 Å². The summed E-state index contributed by atoms with van der Waals surface area (Å²) in [5, 5.41) is 0. The van der Waals surface area contributed by atoms with Gasteiger partial charge in [0, 0.05) is 18.6 Å². The first-order chi connectivity index (χ1) is 12.7. The molecule has 0 radical (unpaired) electrons. The average molecular weight is 346 g/mol. The molecule has 0 N–H and O–H groups in total. The maximum absolute atomic E-state index is 12.9. The van der Waals surface area contributed by atoms with Gasteiger partial charge in [-0.15, -0.1) is 0 Å². The van der Waals surface area contributed by atoms with Gasteiger partial charge in [0.2, 0.25) is 0 Å². The van der Waals surface area contributed by atoms with Crippen LogP contribution in [0.5, 0.6) is 0 Å². The van der Waals surface area contributed by atoms with Gasteiger partial charge in [0.25, 0.3) is 11.8 Å². The molecule has 2 bridgehead atoms. The van der Waals surface area contributed by atoms with Crippen molar-refractivity contribution in [3.63, 3.8) is 0 Å². The summed E-state index contributed by atoms with van der Waals surface area (Å²) in [6.45, 7) is 3.19. The van der Waals surface area contributed by atoms with Gasteiger partial charge in [-0.2, -0.15) is 0 Å². The van der Waals surface area contributed by atoms with Gasteiger partial charge >= 0.3 is 0 Å². The van der Waals surface area contributed by atoms with Crippen LogP contribution in [0.25, 0.3) is 0 Å². The van der Waals surface area contributed by atoms with Crippen molar-refractivity contribution in [3.05, 3.63) is 71.3 Å². The Morgan fingerprint density at radius 2 is 1.50 bits per heavy atom. The Morgan fingerprint density at radius 3 is 2.15 bits per heavy atom. The fraction of sp³-hybridized carbons (Fsp3) is 0.364. The SMILES string of the molecule is C[C@@H](c1ccccc1)N1CC2CCC1C2N1C(=O)c2ccccc2C1=O. The molecule has 2 fully saturated rings. The number of imide groups is 1. The zero-order valence-corrected chi connectivity index (χ0v) is 14.8. The Balaban J connectivity index is 1.45. The minimum atomic E-state index is -0.110. The zero-order chi connectivity index (χ0) is 17.8. The number of amides is 2. The van der Waals surface area contributed by atoms with E-state index in [1.807, 2.05) is 18.2 Å². The number of carbonyl (C=O) groups excluding carboxylic acids is 2. The quantitative estimate of drug-likeness (QED) is 0.799. The Bertz CT molecular complexity index is 844.